The van der Waals surface area contributed by atoms with E-state index in [2.05, 4.69) is 13.5 Å². The molecule has 1 unspecified atom stereocenters. The number of hydrogen-bond donors (Lipinski definition) is 0. The van der Waals surface area contributed by atoms with Crippen LogP contribution in [0.5, 0.6) is 0 Å². The van der Waals surface area contributed by atoms with Gasteiger partial charge in [-0.2, -0.15) is 0 Å². The van der Waals surface area contributed by atoms with Crippen LogP contribution in [0, 0.1) is 0 Å². The molecular weight excluding hydrogens is 160 g/mol. The third kappa shape index (κ3) is 6.47. The molecule has 0 aromatic carbocycles. The van der Waals surface area contributed by atoms with Crippen molar-refractivity contribution in [3.63, 3.8) is 0 Å². The summed E-state index contributed by atoms with van der Waals surface area (Å²) in [6.45, 7) is 5.19. The highest BCUT2D eigenvalue weighted by atomic mass is 28.3. The van der Waals surface area contributed by atoms with Crippen molar-refractivity contribution in [2.75, 3.05) is 6.61 Å². The fourth-order valence-corrected chi connectivity index (χ4v) is 1.71. The molecule has 0 amide bonds. The zero-order chi connectivity index (χ0) is 7.82. The molecule has 0 aromatic rings. The van der Waals surface area contributed by atoms with Crippen LogP contribution in [0.2, 0.25) is 6.55 Å². The van der Waals surface area contributed by atoms with E-state index in [-0.39, 0.29) is 0 Å². The van der Waals surface area contributed by atoms with Crippen LogP contribution in [0.15, 0.2) is 0 Å². The minimum Gasteiger partial charge on any atom is -0.447 e. The van der Waals surface area contributed by atoms with Gasteiger partial charge in [0.1, 0.15) is 10.5 Å². The molecule has 0 radical (unpaired) electrons. The van der Waals surface area contributed by atoms with Gasteiger partial charge in [-0.15, -0.1) is 0 Å². The minimum absolute atomic E-state index is 0.829. The second-order valence-corrected chi connectivity index (χ2v) is 5.74. The quantitative estimate of drug-likeness (QED) is 0.431. The smallest absolute Gasteiger partial charge is 0.307 e. The normalized spacial score (nSPS) is 13.8. The third-order valence-corrected chi connectivity index (χ3v) is 4.79. The standard InChI is InChI=1S/C6H18O2Si2/c1-3-4-5-6-7-10(2)8-9/h10H,3-6H2,1-2,9H3. The van der Waals surface area contributed by atoms with Crippen LogP contribution >= 0.6 is 0 Å². The third-order valence-electron chi connectivity index (χ3n) is 1.43. The summed E-state index contributed by atoms with van der Waals surface area (Å²) in [5, 5.41) is 0. The summed E-state index contributed by atoms with van der Waals surface area (Å²) in [5.41, 5.74) is 0. The molecule has 0 saturated heterocycles. The molecule has 2 nitrogen and oxygen atoms in total. The highest BCUT2D eigenvalue weighted by Crippen LogP contribution is 1.95. The fraction of sp³-hybridized carbons (Fsp3) is 1.00. The van der Waals surface area contributed by atoms with Crippen molar-refractivity contribution in [2.24, 2.45) is 0 Å². The Kier molecular flexibility index (Phi) is 7.72. The molecule has 0 rings (SSSR count). The Morgan fingerprint density at radius 3 is 2.60 bits per heavy atom. The van der Waals surface area contributed by atoms with E-state index in [1.165, 1.54) is 19.3 Å². The molecule has 0 aliphatic heterocycles. The van der Waals surface area contributed by atoms with Gasteiger partial charge in [-0.05, 0) is 13.0 Å². The first kappa shape index (κ1) is 10.4. The van der Waals surface area contributed by atoms with Crippen LogP contribution in [0.25, 0.3) is 0 Å². The van der Waals surface area contributed by atoms with E-state index in [4.69, 9.17) is 8.54 Å². The summed E-state index contributed by atoms with van der Waals surface area (Å²) in [5.74, 6) is 0. The average molecular weight is 178 g/mol. The topological polar surface area (TPSA) is 18.5 Å². The van der Waals surface area contributed by atoms with Crippen molar-refractivity contribution in [1.29, 1.82) is 0 Å². The maximum absolute atomic E-state index is 5.44. The summed E-state index contributed by atoms with van der Waals surface area (Å²) in [6.07, 6.45) is 3.74. The van der Waals surface area contributed by atoms with Crippen molar-refractivity contribution < 1.29 is 8.54 Å². The molecule has 1 atom stereocenters. The molecule has 0 aromatic heterocycles. The Morgan fingerprint density at radius 1 is 1.40 bits per heavy atom. The monoisotopic (exact) mass is 178 g/mol. The molecule has 0 N–H and O–H groups in total. The Bertz CT molecular complexity index is 70.8. The highest BCUT2D eigenvalue weighted by molar-refractivity contribution is 6.47. The van der Waals surface area contributed by atoms with Crippen LogP contribution in [0.4, 0.5) is 0 Å². The summed E-state index contributed by atoms with van der Waals surface area (Å²) < 4.78 is 10.6. The lowest BCUT2D eigenvalue weighted by Crippen LogP contribution is -2.17. The molecule has 62 valence electrons. The second kappa shape index (κ2) is 7.46. The van der Waals surface area contributed by atoms with E-state index in [1.54, 1.807) is 0 Å². The van der Waals surface area contributed by atoms with Gasteiger partial charge >= 0.3 is 9.28 Å². The highest BCUT2D eigenvalue weighted by Gasteiger charge is 1.99. The predicted molar refractivity (Wildman–Crippen MR) is 49.5 cm³/mol. The van der Waals surface area contributed by atoms with E-state index >= 15 is 0 Å². The van der Waals surface area contributed by atoms with Crippen molar-refractivity contribution in [3.8, 4) is 0 Å². The van der Waals surface area contributed by atoms with Gasteiger partial charge in [0.15, 0.2) is 0 Å². The van der Waals surface area contributed by atoms with Gasteiger partial charge in [-0.3, -0.25) is 0 Å². The van der Waals surface area contributed by atoms with Gasteiger partial charge in [0.25, 0.3) is 0 Å². The molecule has 0 saturated carbocycles. The zero-order valence-corrected chi connectivity index (χ0v) is 10.4. The van der Waals surface area contributed by atoms with Gasteiger partial charge in [-0.1, -0.05) is 19.8 Å². The first-order valence-electron chi connectivity index (χ1n) is 3.95. The number of unbranched alkanes of at least 4 members (excludes halogenated alkanes) is 2. The van der Waals surface area contributed by atoms with Crippen LogP contribution < -0.4 is 0 Å². The lowest BCUT2D eigenvalue weighted by molar-refractivity contribution is 0.268. The summed E-state index contributed by atoms with van der Waals surface area (Å²) in [6, 6.07) is 0. The molecule has 0 heterocycles. The lowest BCUT2D eigenvalue weighted by atomic mass is 10.3. The van der Waals surface area contributed by atoms with Gasteiger partial charge in [0, 0.05) is 6.61 Å². The van der Waals surface area contributed by atoms with Crippen LogP contribution in [0.1, 0.15) is 26.2 Å². The Morgan fingerprint density at radius 2 is 2.10 bits per heavy atom. The average Bonchev–Trinajstić information content (AvgIpc) is 1.98. The van der Waals surface area contributed by atoms with Crippen LogP contribution in [-0.2, 0) is 8.54 Å². The number of rotatable bonds is 6. The Labute approximate surface area is 68.3 Å². The molecule has 0 spiro atoms. The van der Waals surface area contributed by atoms with Gasteiger partial charge < -0.3 is 8.54 Å². The predicted octanol–water partition coefficient (Wildman–Crippen LogP) is 0.340. The van der Waals surface area contributed by atoms with Crippen LogP contribution in [0.3, 0.4) is 0 Å². The molecule has 0 aliphatic carbocycles. The second-order valence-electron chi connectivity index (χ2n) is 2.38. The summed E-state index contributed by atoms with van der Waals surface area (Å²) in [4.78, 5) is 0. The lowest BCUT2D eigenvalue weighted by Gasteiger charge is -2.08. The largest absolute Gasteiger partial charge is 0.447 e. The van der Waals surface area contributed by atoms with E-state index in [0.29, 0.717) is 0 Å². The maximum Gasteiger partial charge on any atom is 0.307 e. The first-order valence-corrected chi connectivity index (χ1v) is 6.87. The Balaban J connectivity index is 2.89. The maximum atomic E-state index is 5.44. The van der Waals surface area contributed by atoms with Gasteiger partial charge in [-0.25, -0.2) is 0 Å². The zero-order valence-electron chi connectivity index (χ0n) is 7.22. The van der Waals surface area contributed by atoms with Crippen molar-refractivity contribution in [1.82, 2.24) is 0 Å². The van der Waals surface area contributed by atoms with Crippen molar-refractivity contribution in [3.05, 3.63) is 0 Å². The summed E-state index contributed by atoms with van der Waals surface area (Å²) in [7, 11) is -0.333. The fourth-order valence-electron chi connectivity index (χ4n) is 0.669. The molecule has 0 fully saturated rings. The van der Waals surface area contributed by atoms with Crippen molar-refractivity contribution >= 4 is 19.8 Å². The molecular formula is C6H18O2Si2. The van der Waals surface area contributed by atoms with Crippen LogP contribution in [-0.4, -0.2) is 26.4 Å². The molecule has 4 heteroatoms. The SMILES string of the molecule is CCCCCO[SiH](C)O[SiH3]. The van der Waals surface area contributed by atoms with E-state index in [1.807, 2.05) is 0 Å². The van der Waals surface area contributed by atoms with E-state index in [0.717, 1.165) is 17.1 Å². The Hall–Kier alpha value is 0.354. The minimum atomic E-state index is -1.16. The van der Waals surface area contributed by atoms with Gasteiger partial charge in [0.2, 0.25) is 0 Å². The summed E-state index contributed by atoms with van der Waals surface area (Å²) >= 11 is 0. The number of hydrogen-bond acceptors (Lipinski definition) is 2. The van der Waals surface area contributed by atoms with E-state index < -0.39 is 9.28 Å². The molecule has 0 bridgehead atoms. The van der Waals surface area contributed by atoms with Gasteiger partial charge in [0.05, 0.1) is 0 Å². The van der Waals surface area contributed by atoms with Crippen molar-refractivity contribution in [2.45, 2.75) is 32.7 Å². The molecule has 10 heavy (non-hydrogen) atoms. The van der Waals surface area contributed by atoms with E-state index in [9.17, 15) is 0 Å². The first-order chi connectivity index (χ1) is 4.81. The molecule has 0 aliphatic rings.